The topological polar surface area (TPSA) is 99.9 Å². The van der Waals surface area contributed by atoms with E-state index in [1.807, 2.05) is 6.07 Å². The number of hydrogen-bond donors (Lipinski definition) is 0. The Kier molecular flexibility index (Phi) is 7.63. The molecular formula is C22H25N3O5S. The molecule has 1 saturated heterocycles. The van der Waals surface area contributed by atoms with Gasteiger partial charge in [-0.15, -0.1) is 0 Å². The van der Waals surface area contributed by atoms with Gasteiger partial charge in [-0.1, -0.05) is 12.1 Å². The van der Waals surface area contributed by atoms with Crippen molar-refractivity contribution < 1.29 is 22.7 Å². The highest BCUT2D eigenvalue weighted by atomic mass is 32.2. The molecule has 0 radical (unpaired) electrons. The largest absolute Gasteiger partial charge is 0.491 e. The van der Waals surface area contributed by atoms with Crippen molar-refractivity contribution in [3.63, 3.8) is 0 Å². The molecule has 164 valence electrons. The first-order chi connectivity index (χ1) is 15.0. The third-order valence-electron chi connectivity index (χ3n) is 5.01. The number of carbonyl (C=O) groups excluding carboxylic acids is 1. The predicted octanol–water partition coefficient (Wildman–Crippen LogP) is 2.12. The third kappa shape index (κ3) is 5.61. The van der Waals surface area contributed by atoms with Crippen molar-refractivity contribution >= 4 is 16.0 Å². The molecule has 1 fully saturated rings. The van der Waals surface area contributed by atoms with Crippen molar-refractivity contribution in [2.75, 3.05) is 45.9 Å². The molecule has 0 saturated carbocycles. The molecule has 2 aromatic carbocycles. The summed E-state index contributed by atoms with van der Waals surface area (Å²) in [6, 6.07) is 15.0. The number of benzene rings is 2. The van der Waals surface area contributed by atoms with Crippen LogP contribution in [-0.4, -0.2) is 69.5 Å². The predicted molar refractivity (Wildman–Crippen MR) is 114 cm³/mol. The minimum Gasteiger partial charge on any atom is -0.491 e. The molecule has 8 nitrogen and oxygen atoms in total. The van der Waals surface area contributed by atoms with Crippen LogP contribution in [0.5, 0.6) is 5.75 Å². The van der Waals surface area contributed by atoms with E-state index in [-0.39, 0.29) is 11.5 Å². The third-order valence-corrected chi connectivity index (χ3v) is 6.92. The molecule has 1 aliphatic heterocycles. The van der Waals surface area contributed by atoms with E-state index in [0.29, 0.717) is 56.2 Å². The van der Waals surface area contributed by atoms with E-state index >= 15 is 0 Å². The van der Waals surface area contributed by atoms with E-state index in [2.05, 4.69) is 11.0 Å². The van der Waals surface area contributed by atoms with Gasteiger partial charge in [0.25, 0.3) is 0 Å². The summed E-state index contributed by atoms with van der Waals surface area (Å²) >= 11 is 0. The quantitative estimate of drug-likeness (QED) is 0.576. The molecule has 1 heterocycles. The molecule has 3 rings (SSSR count). The van der Waals surface area contributed by atoms with Gasteiger partial charge in [-0.2, -0.15) is 9.57 Å². The lowest BCUT2D eigenvalue weighted by Gasteiger charge is -2.33. The molecule has 0 spiro atoms. The van der Waals surface area contributed by atoms with Gasteiger partial charge in [0.15, 0.2) is 0 Å². The molecular weight excluding hydrogens is 418 g/mol. The Morgan fingerprint density at radius 2 is 1.74 bits per heavy atom. The van der Waals surface area contributed by atoms with Crippen molar-refractivity contribution in [3.05, 3.63) is 59.7 Å². The van der Waals surface area contributed by atoms with Gasteiger partial charge >= 0.3 is 5.97 Å². The molecule has 1 aliphatic rings. The first-order valence-corrected chi connectivity index (χ1v) is 11.5. The van der Waals surface area contributed by atoms with Gasteiger partial charge in [-0.05, 0) is 43.3 Å². The number of rotatable bonds is 8. The monoisotopic (exact) mass is 443 g/mol. The second-order valence-electron chi connectivity index (χ2n) is 6.95. The number of nitriles is 1. The average Bonchev–Trinajstić information content (AvgIpc) is 2.80. The van der Waals surface area contributed by atoms with Crippen molar-refractivity contribution in [3.8, 4) is 11.8 Å². The van der Waals surface area contributed by atoms with Gasteiger partial charge in [-0.25, -0.2) is 13.2 Å². The number of carbonyl (C=O) groups is 1. The van der Waals surface area contributed by atoms with Crippen LogP contribution >= 0.6 is 0 Å². The number of hydrogen-bond acceptors (Lipinski definition) is 7. The van der Waals surface area contributed by atoms with Gasteiger partial charge in [0, 0.05) is 32.7 Å². The van der Waals surface area contributed by atoms with Crippen LogP contribution in [0.1, 0.15) is 22.8 Å². The Morgan fingerprint density at radius 1 is 1.06 bits per heavy atom. The van der Waals surface area contributed by atoms with E-state index in [9.17, 15) is 13.2 Å². The summed E-state index contributed by atoms with van der Waals surface area (Å²) in [6.45, 7) is 4.95. The zero-order chi connectivity index (χ0) is 22.3. The maximum atomic E-state index is 12.9. The molecule has 31 heavy (non-hydrogen) atoms. The molecule has 0 N–H and O–H groups in total. The van der Waals surface area contributed by atoms with Crippen molar-refractivity contribution in [2.45, 2.75) is 11.8 Å². The zero-order valence-electron chi connectivity index (χ0n) is 17.4. The van der Waals surface area contributed by atoms with Crippen molar-refractivity contribution in [2.24, 2.45) is 0 Å². The number of sulfonamides is 1. The Labute approximate surface area is 182 Å². The number of para-hydroxylation sites is 1. The van der Waals surface area contributed by atoms with E-state index in [1.54, 1.807) is 25.1 Å². The van der Waals surface area contributed by atoms with Crippen LogP contribution in [0.2, 0.25) is 0 Å². The number of nitrogens with zero attached hydrogens (tertiary/aromatic N) is 3. The Morgan fingerprint density at radius 3 is 2.39 bits per heavy atom. The molecule has 0 bridgehead atoms. The minimum atomic E-state index is -3.63. The van der Waals surface area contributed by atoms with Crippen LogP contribution in [0.25, 0.3) is 0 Å². The average molecular weight is 444 g/mol. The molecule has 0 aliphatic carbocycles. The lowest BCUT2D eigenvalue weighted by atomic mass is 10.2. The number of piperazine rings is 1. The van der Waals surface area contributed by atoms with Crippen LogP contribution in [0.15, 0.2) is 53.4 Å². The van der Waals surface area contributed by atoms with Crippen LogP contribution < -0.4 is 4.74 Å². The Balaban J connectivity index is 1.51. The molecule has 2 aromatic rings. The molecule has 0 atom stereocenters. The maximum Gasteiger partial charge on any atom is 0.338 e. The zero-order valence-corrected chi connectivity index (χ0v) is 18.2. The van der Waals surface area contributed by atoms with Crippen molar-refractivity contribution in [1.29, 1.82) is 5.26 Å². The fourth-order valence-corrected chi connectivity index (χ4v) is 4.71. The molecule has 0 unspecified atom stereocenters. The van der Waals surface area contributed by atoms with Gasteiger partial charge in [0.05, 0.1) is 22.6 Å². The summed E-state index contributed by atoms with van der Waals surface area (Å²) < 4.78 is 37.9. The fourth-order valence-electron chi connectivity index (χ4n) is 3.29. The number of ether oxygens (including phenoxy) is 2. The Hall–Kier alpha value is -2.93. The van der Waals surface area contributed by atoms with Crippen LogP contribution in [0, 0.1) is 11.3 Å². The minimum absolute atomic E-state index is 0.158. The van der Waals surface area contributed by atoms with Crippen LogP contribution in [0.3, 0.4) is 0 Å². The highest BCUT2D eigenvalue weighted by Gasteiger charge is 2.28. The lowest BCUT2D eigenvalue weighted by molar-refractivity contribution is 0.0526. The molecule has 0 amide bonds. The van der Waals surface area contributed by atoms with E-state index in [1.165, 1.54) is 28.6 Å². The van der Waals surface area contributed by atoms with Gasteiger partial charge in [-0.3, -0.25) is 4.90 Å². The van der Waals surface area contributed by atoms with E-state index in [0.717, 1.165) is 0 Å². The van der Waals surface area contributed by atoms with Gasteiger partial charge in [0.2, 0.25) is 10.0 Å². The highest BCUT2D eigenvalue weighted by Crippen LogP contribution is 2.19. The van der Waals surface area contributed by atoms with Crippen LogP contribution in [-0.2, 0) is 14.8 Å². The van der Waals surface area contributed by atoms with Gasteiger partial charge in [0.1, 0.15) is 18.4 Å². The SMILES string of the molecule is CCOC(=O)c1ccc(S(=O)(=O)N2CCN(CCOc3ccccc3C#N)CC2)cc1. The summed E-state index contributed by atoms with van der Waals surface area (Å²) in [5.41, 5.74) is 0.816. The normalized spacial score (nSPS) is 15.2. The fraction of sp³-hybridized carbons (Fsp3) is 0.364. The highest BCUT2D eigenvalue weighted by molar-refractivity contribution is 7.89. The van der Waals surface area contributed by atoms with Crippen molar-refractivity contribution in [1.82, 2.24) is 9.21 Å². The van der Waals surface area contributed by atoms with E-state index < -0.39 is 16.0 Å². The summed E-state index contributed by atoms with van der Waals surface area (Å²) in [5.74, 6) is 0.0807. The summed E-state index contributed by atoms with van der Waals surface area (Å²) in [5, 5.41) is 9.11. The van der Waals surface area contributed by atoms with Gasteiger partial charge < -0.3 is 9.47 Å². The maximum absolute atomic E-state index is 12.9. The molecule has 9 heteroatoms. The summed E-state index contributed by atoms with van der Waals surface area (Å²) in [4.78, 5) is 14.0. The molecule has 0 aromatic heterocycles. The first kappa shape index (κ1) is 22.7. The summed E-state index contributed by atoms with van der Waals surface area (Å²) in [6.07, 6.45) is 0. The van der Waals surface area contributed by atoms with Crippen LogP contribution in [0.4, 0.5) is 0 Å². The second kappa shape index (κ2) is 10.4. The Bertz CT molecular complexity index is 1040. The van der Waals surface area contributed by atoms with E-state index in [4.69, 9.17) is 14.7 Å². The second-order valence-corrected chi connectivity index (χ2v) is 8.88. The lowest BCUT2D eigenvalue weighted by Crippen LogP contribution is -2.49. The standard InChI is InChI=1S/C22H25N3O5S/c1-2-29-22(26)18-7-9-20(10-8-18)31(27,28)25-13-11-24(12-14-25)15-16-30-21-6-4-3-5-19(21)17-23/h3-10H,2,11-16H2,1H3. The number of esters is 1. The first-order valence-electron chi connectivity index (χ1n) is 10.1. The summed E-state index contributed by atoms with van der Waals surface area (Å²) in [7, 11) is -3.63. The smallest absolute Gasteiger partial charge is 0.338 e.